The fourth-order valence-electron chi connectivity index (χ4n) is 1.82. The van der Waals surface area contributed by atoms with E-state index in [2.05, 4.69) is 13.8 Å². The molecule has 1 N–H and O–H groups in total. The van der Waals surface area contributed by atoms with Crippen LogP contribution in [0.2, 0.25) is 0 Å². The number of carbonyl (C=O) groups is 1. The molecule has 1 aliphatic rings. The van der Waals surface area contributed by atoms with Crippen LogP contribution in [0.5, 0.6) is 0 Å². The molecule has 3 atom stereocenters. The van der Waals surface area contributed by atoms with Crippen LogP contribution >= 0.6 is 0 Å². The number of aliphatic hydroxyl groups is 1. The Morgan fingerprint density at radius 3 is 2.71 bits per heavy atom. The fraction of sp³-hybridized carbons (Fsp3) is 0.909. The van der Waals surface area contributed by atoms with Crippen molar-refractivity contribution in [3.8, 4) is 0 Å². The average molecular weight is 199 g/mol. The minimum absolute atomic E-state index is 0.194. The highest BCUT2D eigenvalue weighted by molar-refractivity contribution is 5.78. The van der Waals surface area contributed by atoms with Crippen LogP contribution in [0.15, 0.2) is 0 Å². The zero-order valence-electron chi connectivity index (χ0n) is 9.36. The molecule has 82 valence electrons. The largest absolute Gasteiger partial charge is 0.391 e. The Bertz CT molecular complexity index is 205. The summed E-state index contributed by atoms with van der Waals surface area (Å²) in [5.41, 5.74) is 0. The molecule has 0 radical (unpaired) electrons. The summed E-state index contributed by atoms with van der Waals surface area (Å²) in [6.07, 6.45) is 1.24. The van der Waals surface area contributed by atoms with Gasteiger partial charge < -0.3 is 10.0 Å². The van der Waals surface area contributed by atoms with Crippen molar-refractivity contribution >= 4 is 5.91 Å². The Morgan fingerprint density at radius 2 is 2.29 bits per heavy atom. The summed E-state index contributed by atoms with van der Waals surface area (Å²) in [5, 5.41) is 9.79. The van der Waals surface area contributed by atoms with Crippen LogP contribution in [0.3, 0.4) is 0 Å². The van der Waals surface area contributed by atoms with E-state index in [1.165, 1.54) is 0 Å². The van der Waals surface area contributed by atoms with Gasteiger partial charge in [-0.05, 0) is 11.8 Å². The molecule has 0 aromatic rings. The summed E-state index contributed by atoms with van der Waals surface area (Å²) >= 11 is 0. The first-order chi connectivity index (χ1) is 6.54. The van der Waals surface area contributed by atoms with Gasteiger partial charge in [0.1, 0.15) is 0 Å². The lowest BCUT2D eigenvalue weighted by molar-refractivity contribution is -0.129. The maximum absolute atomic E-state index is 11.4. The third-order valence-corrected chi connectivity index (χ3v) is 3.12. The van der Waals surface area contributed by atoms with E-state index in [1.807, 2.05) is 6.92 Å². The van der Waals surface area contributed by atoms with Crippen molar-refractivity contribution < 1.29 is 9.90 Å². The van der Waals surface area contributed by atoms with Gasteiger partial charge in [-0.15, -0.1) is 0 Å². The van der Waals surface area contributed by atoms with Crippen LogP contribution in [0.1, 0.15) is 33.6 Å². The van der Waals surface area contributed by atoms with Gasteiger partial charge in [-0.3, -0.25) is 4.79 Å². The minimum Gasteiger partial charge on any atom is -0.391 e. The van der Waals surface area contributed by atoms with E-state index in [-0.39, 0.29) is 17.9 Å². The quantitative estimate of drug-likeness (QED) is 0.740. The molecule has 0 spiro atoms. The van der Waals surface area contributed by atoms with Crippen LogP contribution in [0.4, 0.5) is 0 Å². The van der Waals surface area contributed by atoms with Crippen molar-refractivity contribution in [2.75, 3.05) is 13.1 Å². The summed E-state index contributed by atoms with van der Waals surface area (Å²) in [7, 11) is 0. The summed E-state index contributed by atoms with van der Waals surface area (Å²) < 4.78 is 0. The average Bonchev–Trinajstić information content (AvgIpc) is 2.44. The zero-order chi connectivity index (χ0) is 10.7. The summed E-state index contributed by atoms with van der Waals surface area (Å²) in [6, 6.07) is 0. The zero-order valence-corrected chi connectivity index (χ0v) is 9.36. The molecule has 0 saturated carbocycles. The predicted molar refractivity (Wildman–Crippen MR) is 55.8 cm³/mol. The lowest BCUT2D eigenvalue weighted by Crippen LogP contribution is -2.36. The second-order valence-electron chi connectivity index (χ2n) is 4.56. The predicted octanol–water partition coefficient (Wildman–Crippen LogP) is 1.26. The molecule has 0 aromatic carbocycles. The molecule has 1 saturated heterocycles. The number of carbonyl (C=O) groups excluding carboxylic acids is 1. The van der Waals surface area contributed by atoms with Crippen molar-refractivity contribution in [1.29, 1.82) is 0 Å². The lowest BCUT2D eigenvalue weighted by Gasteiger charge is -2.23. The molecule has 1 heterocycles. The number of hydrogen-bond acceptors (Lipinski definition) is 2. The molecular weight excluding hydrogens is 178 g/mol. The number of aliphatic hydroxyl groups excluding tert-OH is 1. The molecule has 0 aliphatic carbocycles. The molecule has 1 amide bonds. The highest BCUT2D eigenvalue weighted by Crippen LogP contribution is 2.18. The molecule has 0 aromatic heterocycles. The number of amides is 1. The van der Waals surface area contributed by atoms with E-state index in [9.17, 15) is 9.90 Å². The Balaban J connectivity index is 2.40. The van der Waals surface area contributed by atoms with E-state index in [0.29, 0.717) is 18.9 Å². The SMILES string of the molecule is CCC(C)C(O)CN1CC(C)CC1=O. The summed E-state index contributed by atoms with van der Waals surface area (Å²) in [6.45, 7) is 7.48. The molecule has 3 heteroatoms. The first-order valence-corrected chi connectivity index (χ1v) is 5.50. The van der Waals surface area contributed by atoms with Gasteiger partial charge in [-0.1, -0.05) is 27.2 Å². The van der Waals surface area contributed by atoms with Crippen LogP contribution < -0.4 is 0 Å². The second kappa shape index (κ2) is 4.78. The first-order valence-electron chi connectivity index (χ1n) is 5.50. The van der Waals surface area contributed by atoms with Gasteiger partial charge in [-0.2, -0.15) is 0 Å². The van der Waals surface area contributed by atoms with Gasteiger partial charge >= 0.3 is 0 Å². The van der Waals surface area contributed by atoms with Crippen molar-refractivity contribution in [1.82, 2.24) is 4.90 Å². The number of rotatable bonds is 4. The molecule has 1 rings (SSSR count). The van der Waals surface area contributed by atoms with Crippen LogP contribution in [-0.4, -0.2) is 35.1 Å². The maximum Gasteiger partial charge on any atom is 0.223 e. The van der Waals surface area contributed by atoms with Gasteiger partial charge in [0.05, 0.1) is 6.10 Å². The van der Waals surface area contributed by atoms with Gasteiger partial charge in [0.25, 0.3) is 0 Å². The van der Waals surface area contributed by atoms with E-state index >= 15 is 0 Å². The standard InChI is InChI=1S/C11H21NO2/c1-4-9(3)10(13)7-12-6-8(2)5-11(12)14/h8-10,13H,4-7H2,1-3H3. The van der Waals surface area contributed by atoms with Gasteiger partial charge in [0.2, 0.25) is 5.91 Å². The molecule has 14 heavy (non-hydrogen) atoms. The normalized spacial score (nSPS) is 26.7. The van der Waals surface area contributed by atoms with E-state index in [0.717, 1.165) is 13.0 Å². The number of likely N-dealkylation sites (tertiary alicyclic amines) is 1. The highest BCUT2D eigenvalue weighted by Gasteiger charge is 2.28. The van der Waals surface area contributed by atoms with Crippen molar-refractivity contribution in [2.45, 2.75) is 39.7 Å². The van der Waals surface area contributed by atoms with E-state index < -0.39 is 0 Å². The van der Waals surface area contributed by atoms with Crippen LogP contribution in [-0.2, 0) is 4.79 Å². The molecular formula is C11H21NO2. The Kier molecular flexibility index (Phi) is 3.93. The molecule has 1 aliphatic heterocycles. The topological polar surface area (TPSA) is 40.5 Å². The van der Waals surface area contributed by atoms with Crippen LogP contribution in [0.25, 0.3) is 0 Å². The molecule has 3 unspecified atom stereocenters. The summed E-state index contributed by atoms with van der Waals surface area (Å²) in [5.74, 6) is 0.921. The van der Waals surface area contributed by atoms with Crippen molar-refractivity contribution in [3.05, 3.63) is 0 Å². The molecule has 3 nitrogen and oxygen atoms in total. The second-order valence-corrected chi connectivity index (χ2v) is 4.56. The number of β-amino-alcohol motifs (C(OH)–C–C–N with tert-alkyl or cyclic N) is 1. The Labute approximate surface area is 86.1 Å². The van der Waals surface area contributed by atoms with E-state index in [4.69, 9.17) is 0 Å². The molecule has 1 fully saturated rings. The third kappa shape index (κ3) is 2.71. The maximum atomic E-state index is 11.4. The van der Waals surface area contributed by atoms with Crippen LogP contribution in [0, 0.1) is 11.8 Å². The lowest BCUT2D eigenvalue weighted by atomic mass is 10.0. The third-order valence-electron chi connectivity index (χ3n) is 3.12. The smallest absolute Gasteiger partial charge is 0.223 e. The number of nitrogens with zero attached hydrogens (tertiary/aromatic N) is 1. The fourth-order valence-corrected chi connectivity index (χ4v) is 1.82. The van der Waals surface area contributed by atoms with Gasteiger partial charge in [0.15, 0.2) is 0 Å². The Morgan fingerprint density at radius 1 is 1.64 bits per heavy atom. The van der Waals surface area contributed by atoms with Gasteiger partial charge in [-0.25, -0.2) is 0 Å². The Hall–Kier alpha value is -0.570. The van der Waals surface area contributed by atoms with E-state index in [1.54, 1.807) is 4.90 Å². The monoisotopic (exact) mass is 199 g/mol. The molecule has 0 bridgehead atoms. The van der Waals surface area contributed by atoms with Crippen molar-refractivity contribution in [2.24, 2.45) is 11.8 Å². The first kappa shape index (κ1) is 11.5. The van der Waals surface area contributed by atoms with Crippen molar-refractivity contribution in [3.63, 3.8) is 0 Å². The minimum atomic E-state index is -0.366. The van der Waals surface area contributed by atoms with Gasteiger partial charge in [0, 0.05) is 19.5 Å². The number of hydrogen-bond donors (Lipinski definition) is 1. The summed E-state index contributed by atoms with van der Waals surface area (Å²) in [4.78, 5) is 13.2. The highest BCUT2D eigenvalue weighted by atomic mass is 16.3.